The SMILES string of the molecule is Cc1ccc(CC2(NC(=O)CCC3CCCN(C)C3)CC2)cc1. The summed E-state index contributed by atoms with van der Waals surface area (Å²) >= 11 is 0. The smallest absolute Gasteiger partial charge is 0.220 e. The lowest BCUT2D eigenvalue weighted by atomic mass is 9.93. The van der Waals surface area contributed by atoms with Gasteiger partial charge in [0.05, 0.1) is 0 Å². The van der Waals surface area contributed by atoms with E-state index in [0.717, 1.165) is 32.2 Å². The van der Waals surface area contributed by atoms with E-state index in [0.29, 0.717) is 12.3 Å². The lowest BCUT2D eigenvalue weighted by molar-refractivity contribution is -0.122. The molecule has 1 atom stereocenters. The third-order valence-electron chi connectivity index (χ3n) is 5.42. The van der Waals surface area contributed by atoms with Crippen molar-refractivity contribution in [3.8, 4) is 0 Å². The van der Waals surface area contributed by atoms with Crippen molar-refractivity contribution in [3.63, 3.8) is 0 Å². The Bertz CT molecular complexity index is 533. The number of amides is 1. The quantitative estimate of drug-likeness (QED) is 0.874. The number of hydrogen-bond donors (Lipinski definition) is 1. The molecule has 1 aliphatic carbocycles. The number of hydrogen-bond acceptors (Lipinski definition) is 2. The Morgan fingerprint density at radius 1 is 1.30 bits per heavy atom. The zero-order valence-corrected chi connectivity index (χ0v) is 14.6. The van der Waals surface area contributed by atoms with Crippen molar-refractivity contribution >= 4 is 5.91 Å². The molecule has 2 fully saturated rings. The van der Waals surface area contributed by atoms with Crippen LogP contribution in [0.3, 0.4) is 0 Å². The molecule has 23 heavy (non-hydrogen) atoms. The molecule has 0 bridgehead atoms. The monoisotopic (exact) mass is 314 g/mol. The normalized spacial score (nSPS) is 23.5. The number of carbonyl (C=O) groups excluding carboxylic acids is 1. The maximum absolute atomic E-state index is 12.3. The Labute approximate surface area is 140 Å². The highest BCUT2D eigenvalue weighted by Crippen LogP contribution is 2.38. The average Bonchev–Trinajstić information content (AvgIpc) is 3.27. The van der Waals surface area contributed by atoms with Crippen molar-refractivity contribution < 1.29 is 4.79 Å². The van der Waals surface area contributed by atoms with Gasteiger partial charge in [-0.3, -0.25) is 4.79 Å². The molecule has 1 unspecified atom stereocenters. The van der Waals surface area contributed by atoms with Gasteiger partial charge < -0.3 is 10.2 Å². The summed E-state index contributed by atoms with van der Waals surface area (Å²) in [5, 5.41) is 3.33. The zero-order chi connectivity index (χ0) is 16.3. The topological polar surface area (TPSA) is 32.3 Å². The number of nitrogens with zero attached hydrogens (tertiary/aromatic N) is 1. The number of benzene rings is 1. The van der Waals surface area contributed by atoms with E-state index in [9.17, 15) is 4.79 Å². The number of piperidine rings is 1. The van der Waals surface area contributed by atoms with E-state index in [-0.39, 0.29) is 11.4 Å². The Kier molecular flexibility index (Phi) is 5.05. The fourth-order valence-electron chi connectivity index (χ4n) is 3.80. The minimum Gasteiger partial charge on any atom is -0.350 e. The number of carbonyl (C=O) groups is 1. The zero-order valence-electron chi connectivity index (χ0n) is 14.6. The minimum atomic E-state index is 0.0513. The molecule has 1 amide bonds. The van der Waals surface area contributed by atoms with E-state index >= 15 is 0 Å². The maximum Gasteiger partial charge on any atom is 0.220 e. The van der Waals surface area contributed by atoms with Gasteiger partial charge in [0.1, 0.15) is 0 Å². The summed E-state index contributed by atoms with van der Waals surface area (Å²) in [5.41, 5.74) is 2.68. The largest absolute Gasteiger partial charge is 0.350 e. The highest BCUT2D eigenvalue weighted by Gasteiger charge is 2.43. The predicted octanol–water partition coefficient (Wildman–Crippen LogP) is 3.31. The molecule has 126 valence electrons. The number of likely N-dealkylation sites (tertiary alicyclic amines) is 1. The molecule has 3 nitrogen and oxygen atoms in total. The fourth-order valence-corrected chi connectivity index (χ4v) is 3.80. The van der Waals surface area contributed by atoms with E-state index in [1.165, 1.54) is 30.5 Å². The summed E-state index contributed by atoms with van der Waals surface area (Å²) in [6.07, 6.45) is 7.51. The molecular weight excluding hydrogens is 284 g/mol. The van der Waals surface area contributed by atoms with Gasteiger partial charge in [0.15, 0.2) is 0 Å². The lowest BCUT2D eigenvalue weighted by Gasteiger charge is -2.29. The first-order chi connectivity index (χ1) is 11.0. The van der Waals surface area contributed by atoms with Gasteiger partial charge in [-0.25, -0.2) is 0 Å². The van der Waals surface area contributed by atoms with Gasteiger partial charge >= 0.3 is 0 Å². The van der Waals surface area contributed by atoms with Crippen LogP contribution in [0.4, 0.5) is 0 Å². The van der Waals surface area contributed by atoms with E-state index in [4.69, 9.17) is 0 Å². The van der Waals surface area contributed by atoms with Gasteiger partial charge in [0.25, 0.3) is 0 Å². The first-order valence-corrected chi connectivity index (χ1v) is 9.10. The maximum atomic E-state index is 12.3. The Morgan fingerprint density at radius 2 is 2.04 bits per heavy atom. The molecule has 1 aromatic carbocycles. The lowest BCUT2D eigenvalue weighted by Crippen LogP contribution is -2.39. The number of aryl methyl sites for hydroxylation is 1. The molecule has 1 aliphatic heterocycles. The van der Waals surface area contributed by atoms with E-state index < -0.39 is 0 Å². The molecule has 1 saturated carbocycles. The van der Waals surface area contributed by atoms with Crippen molar-refractivity contribution in [1.29, 1.82) is 0 Å². The van der Waals surface area contributed by atoms with Crippen LogP contribution in [0.1, 0.15) is 49.7 Å². The Morgan fingerprint density at radius 3 is 2.70 bits per heavy atom. The second kappa shape index (κ2) is 7.04. The molecule has 1 saturated heterocycles. The first kappa shape index (κ1) is 16.5. The predicted molar refractivity (Wildman–Crippen MR) is 94.4 cm³/mol. The van der Waals surface area contributed by atoms with Crippen LogP contribution in [-0.2, 0) is 11.2 Å². The highest BCUT2D eigenvalue weighted by atomic mass is 16.1. The Balaban J connectivity index is 1.44. The van der Waals surface area contributed by atoms with Crippen LogP contribution < -0.4 is 5.32 Å². The summed E-state index contributed by atoms with van der Waals surface area (Å²) in [6.45, 7) is 4.48. The summed E-state index contributed by atoms with van der Waals surface area (Å²) in [4.78, 5) is 14.7. The minimum absolute atomic E-state index is 0.0513. The molecule has 3 rings (SSSR count). The first-order valence-electron chi connectivity index (χ1n) is 9.10. The van der Waals surface area contributed by atoms with Gasteiger partial charge in [-0.2, -0.15) is 0 Å². The fraction of sp³-hybridized carbons (Fsp3) is 0.650. The van der Waals surface area contributed by atoms with Crippen molar-refractivity contribution in [2.75, 3.05) is 20.1 Å². The van der Waals surface area contributed by atoms with Crippen LogP contribution in [0.25, 0.3) is 0 Å². The Hall–Kier alpha value is -1.35. The summed E-state index contributed by atoms with van der Waals surface area (Å²) in [6, 6.07) is 8.71. The number of nitrogens with one attached hydrogen (secondary N) is 1. The van der Waals surface area contributed by atoms with Crippen molar-refractivity contribution in [2.24, 2.45) is 5.92 Å². The second-order valence-corrected chi connectivity index (χ2v) is 7.80. The van der Waals surface area contributed by atoms with Crippen LogP contribution >= 0.6 is 0 Å². The average molecular weight is 314 g/mol. The molecular formula is C20H30N2O. The summed E-state index contributed by atoms with van der Waals surface area (Å²) in [5.74, 6) is 0.953. The van der Waals surface area contributed by atoms with Crippen LogP contribution in [0.15, 0.2) is 24.3 Å². The molecule has 2 aliphatic rings. The molecule has 1 heterocycles. The third kappa shape index (κ3) is 4.81. The van der Waals surface area contributed by atoms with Crippen molar-refractivity contribution in [3.05, 3.63) is 35.4 Å². The highest BCUT2D eigenvalue weighted by molar-refractivity contribution is 5.77. The van der Waals surface area contributed by atoms with E-state index in [1.807, 2.05) is 0 Å². The molecule has 0 spiro atoms. The molecule has 3 heteroatoms. The van der Waals surface area contributed by atoms with Crippen LogP contribution in [0.5, 0.6) is 0 Å². The van der Waals surface area contributed by atoms with E-state index in [1.54, 1.807) is 0 Å². The number of rotatable bonds is 6. The summed E-state index contributed by atoms with van der Waals surface area (Å²) < 4.78 is 0. The van der Waals surface area contributed by atoms with E-state index in [2.05, 4.69) is 48.5 Å². The van der Waals surface area contributed by atoms with Gasteiger partial charge in [-0.05, 0) is 70.5 Å². The summed E-state index contributed by atoms with van der Waals surface area (Å²) in [7, 11) is 2.19. The molecule has 1 aromatic rings. The van der Waals surface area contributed by atoms with Crippen LogP contribution in [0.2, 0.25) is 0 Å². The van der Waals surface area contributed by atoms with Gasteiger partial charge in [0.2, 0.25) is 5.91 Å². The standard InChI is InChI=1S/C20H30N2O/c1-16-5-7-17(8-6-16)14-20(11-12-20)21-19(23)10-9-18-4-3-13-22(2)15-18/h5-8,18H,3-4,9-15H2,1-2H3,(H,21,23). The third-order valence-corrected chi connectivity index (χ3v) is 5.42. The van der Waals surface area contributed by atoms with Crippen LogP contribution in [-0.4, -0.2) is 36.5 Å². The van der Waals surface area contributed by atoms with Crippen molar-refractivity contribution in [1.82, 2.24) is 10.2 Å². The molecule has 1 N–H and O–H groups in total. The molecule has 0 aromatic heterocycles. The molecule has 0 radical (unpaired) electrons. The van der Waals surface area contributed by atoms with Crippen LogP contribution in [0, 0.1) is 12.8 Å². The van der Waals surface area contributed by atoms with Crippen molar-refractivity contribution in [2.45, 2.75) is 57.4 Å². The second-order valence-electron chi connectivity index (χ2n) is 7.80. The van der Waals surface area contributed by atoms with Gasteiger partial charge in [0, 0.05) is 18.5 Å². The van der Waals surface area contributed by atoms with Gasteiger partial charge in [-0.1, -0.05) is 29.8 Å². The van der Waals surface area contributed by atoms with Gasteiger partial charge in [-0.15, -0.1) is 0 Å².